The van der Waals surface area contributed by atoms with E-state index >= 15 is 0 Å². The largest absolute Gasteiger partial charge is 0.468 e. The number of hydrogen-bond donors (Lipinski definition) is 0. The van der Waals surface area contributed by atoms with Gasteiger partial charge >= 0.3 is 0 Å². The lowest BCUT2D eigenvalue weighted by molar-refractivity contribution is 0.113. The van der Waals surface area contributed by atoms with Crippen LogP contribution in [0.15, 0.2) is 47.1 Å². The SMILES string of the molecule is CC(C)C(c1nnnn1C1CCCCC1)N(Cc1ccc(Cl)cc1)Cc1ccco1. The summed E-state index contributed by atoms with van der Waals surface area (Å²) in [7, 11) is 0. The van der Waals surface area contributed by atoms with Crippen molar-refractivity contribution in [3.63, 3.8) is 0 Å². The Balaban J connectivity index is 1.66. The van der Waals surface area contributed by atoms with E-state index in [0.29, 0.717) is 18.5 Å². The molecule has 7 heteroatoms. The Labute approximate surface area is 183 Å². The van der Waals surface area contributed by atoms with Crippen molar-refractivity contribution < 1.29 is 4.42 Å². The predicted octanol–water partition coefficient (Wildman–Crippen LogP) is 5.82. The van der Waals surface area contributed by atoms with E-state index < -0.39 is 0 Å². The number of rotatable bonds is 8. The highest BCUT2D eigenvalue weighted by molar-refractivity contribution is 6.30. The Morgan fingerprint density at radius 1 is 1.10 bits per heavy atom. The molecule has 0 bridgehead atoms. The second kappa shape index (κ2) is 9.75. The summed E-state index contributed by atoms with van der Waals surface area (Å²) in [6.07, 6.45) is 7.83. The van der Waals surface area contributed by atoms with Crippen molar-refractivity contribution in [2.24, 2.45) is 5.92 Å². The van der Waals surface area contributed by atoms with Gasteiger partial charge in [0.1, 0.15) is 5.76 Å². The number of tetrazole rings is 1. The number of benzene rings is 1. The van der Waals surface area contributed by atoms with Crippen LogP contribution in [0.25, 0.3) is 0 Å². The van der Waals surface area contributed by atoms with Gasteiger partial charge in [-0.3, -0.25) is 4.90 Å². The van der Waals surface area contributed by atoms with Crippen LogP contribution < -0.4 is 0 Å². The summed E-state index contributed by atoms with van der Waals surface area (Å²) in [4.78, 5) is 2.41. The Bertz CT molecular complexity index is 900. The summed E-state index contributed by atoms with van der Waals surface area (Å²) in [6.45, 7) is 5.93. The zero-order chi connectivity index (χ0) is 20.9. The van der Waals surface area contributed by atoms with Gasteiger partial charge in [-0.05, 0) is 59.0 Å². The minimum absolute atomic E-state index is 0.0719. The van der Waals surface area contributed by atoms with Gasteiger partial charge in [-0.15, -0.1) is 5.10 Å². The molecule has 1 aliphatic carbocycles. The first-order chi connectivity index (χ1) is 14.6. The third-order valence-corrected chi connectivity index (χ3v) is 6.22. The van der Waals surface area contributed by atoms with Crippen molar-refractivity contribution in [2.75, 3.05) is 0 Å². The molecule has 1 fully saturated rings. The highest BCUT2D eigenvalue weighted by Crippen LogP contribution is 2.34. The topological polar surface area (TPSA) is 60.0 Å². The van der Waals surface area contributed by atoms with Crippen molar-refractivity contribution in [1.29, 1.82) is 0 Å². The molecular formula is C23H30ClN5O. The minimum Gasteiger partial charge on any atom is -0.468 e. The van der Waals surface area contributed by atoms with E-state index in [-0.39, 0.29) is 6.04 Å². The van der Waals surface area contributed by atoms with E-state index in [1.807, 2.05) is 24.3 Å². The Kier molecular flexibility index (Phi) is 6.85. The fourth-order valence-corrected chi connectivity index (χ4v) is 4.67. The minimum atomic E-state index is 0.0719. The van der Waals surface area contributed by atoms with Gasteiger partial charge < -0.3 is 4.42 Å². The molecule has 0 radical (unpaired) electrons. The molecule has 160 valence electrons. The van der Waals surface area contributed by atoms with Crippen molar-refractivity contribution >= 4 is 11.6 Å². The normalized spacial score (nSPS) is 16.4. The van der Waals surface area contributed by atoms with Crippen LogP contribution in [0.1, 0.15) is 75.2 Å². The van der Waals surface area contributed by atoms with E-state index in [1.54, 1.807) is 6.26 Å². The average molecular weight is 428 g/mol. The molecule has 3 aromatic rings. The van der Waals surface area contributed by atoms with E-state index in [9.17, 15) is 0 Å². The van der Waals surface area contributed by atoms with Crippen LogP contribution >= 0.6 is 11.6 Å². The lowest BCUT2D eigenvalue weighted by Gasteiger charge is -2.34. The molecule has 0 saturated heterocycles. The summed E-state index contributed by atoms with van der Waals surface area (Å²) >= 11 is 6.11. The fourth-order valence-electron chi connectivity index (χ4n) is 4.54. The Morgan fingerprint density at radius 2 is 1.87 bits per heavy atom. The molecule has 0 aliphatic heterocycles. The molecule has 0 N–H and O–H groups in total. The summed E-state index contributed by atoms with van der Waals surface area (Å²) in [6, 6.07) is 12.5. The highest BCUT2D eigenvalue weighted by atomic mass is 35.5. The first kappa shape index (κ1) is 21.1. The Morgan fingerprint density at radius 3 is 2.53 bits per heavy atom. The third-order valence-electron chi connectivity index (χ3n) is 5.97. The van der Waals surface area contributed by atoms with Crippen LogP contribution in [0.2, 0.25) is 5.02 Å². The quantitative estimate of drug-likeness (QED) is 0.453. The standard InChI is InChI=1S/C23H30ClN5O/c1-17(2)22(23-25-26-27-29(23)20-7-4-3-5-8-20)28(16-21-9-6-14-30-21)15-18-10-12-19(24)13-11-18/h6,9-14,17,20,22H,3-5,7-8,15-16H2,1-2H3. The average Bonchev–Trinajstić information content (AvgIpc) is 3.43. The maximum absolute atomic E-state index is 6.11. The van der Waals surface area contributed by atoms with Crippen molar-refractivity contribution in [1.82, 2.24) is 25.1 Å². The monoisotopic (exact) mass is 427 g/mol. The number of hydrogen-bond acceptors (Lipinski definition) is 5. The van der Waals surface area contributed by atoms with E-state index in [4.69, 9.17) is 16.0 Å². The summed E-state index contributed by atoms with van der Waals surface area (Å²) < 4.78 is 7.79. The van der Waals surface area contributed by atoms with Crippen molar-refractivity contribution in [2.45, 2.75) is 71.1 Å². The molecule has 4 rings (SSSR count). The van der Waals surface area contributed by atoms with Crippen LogP contribution in [-0.4, -0.2) is 25.1 Å². The van der Waals surface area contributed by atoms with Gasteiger partial charge in [0.2, 0.25) is 0 Å². The first-order valence-corrected chi connectivity index (χ1v) is 11.3. The molecule has 1 atom stereocenters. The zero-order valence-corrected chi connectivity index (χ0v) is 18.5. The molecule has 1 unspecified atom stereocenters. The van der Waals surface area contributed by atoms with Crippen LogP contribution in [0.5, 0.6) is 0 Å². The van der Waals surface area contributed by atoms with Crippen molar-refractivity contribution in [3.05, 3.63) is 64.8 Å². The van der Waals surface area contributed by atoms with Crippen LogP contribution in [0.3, 0.4) is 0 Å². The van der Waals surface area contributed by atoms with Gasteiger partial charge in [-0.2, -0.15) is 0 Å². The fraction of sp³-hybridized carbons (Fsp3) is 0.522. The van der Waals surface area contributed by atoms with Gasteiger partial charge in [0, 0.05) is 11.6 Å². The van der Waals surface area contributed by atoms with E-state index in [1.165, 1.54) is 24.8 Å². The summed E-state index contributed by atoms with van der Waals surface area (Å²) in [5.41, 5.74) is 1.20. The first-order valence-electron chi connectivity index (χ1n) is 10.9. The highest BCUT2D eigenvalue weighted by Gasteiger charge is 2.32. The number of furan rings is 1. The van der Waals surface area contributed by atoms with E-state index in [0.717, 1.165) is 36.0 Å². The third kappa shape index (κ3) is 4.93. The lowest BCUT2D eigenvalue weighted by atomic mass is 9.94. The van der Waals surface area contributed by atoms with Crippen LogP contribution in [0.4, 0.5) is 0 Å². The van der Waals surface area contributed by atoms with Crippen molar-refractivity contribution in [3.8, 4) is 0 Å². The molecule has 0 spiro atoms. The molecule has 30 heavy (non-hydrogen) atoms. The molecule has 2 heterocycles. The predicted molar refractivity (Wildman–Crippen MR) is 117 cm³/mol. The van der Waals surface area contributed by atoms with Gasteiger partial charge in [0.25, 0.3) is 0 Å². The smallest absolute Gasteiger partial charge is 0.168 e. The maximum atomic E-state index is 6.11. The van der Waals surface area contributed by atoms with Crippen LogP contribution in [0, 0.1) is 5.92 Å². The van der Waals surface area contributed by atoms with Gasteiger partial charge in [-0.1, -0.05) is 56.8 Å². The molecule has 2 aromatic heterocycles. The zero-order valence-electron chi connectivity index (χ0n) is 17.7. The van der Waals surface area contributed by atoms with E-state index in [2.05, 4.69) is 51.1 Å². The van der Waals surface area contributed by atoms with Gasteiger partial charge in [0.15, 0.2) is 5.82 Å². The second-order valence-corrected chi connectivity index (χ2v) is 9.01. The lowest BCUT2D eigenvalue weighted by Crippen LogP contribution is -2.34. The molecule has 6 nitrogen and oxygen atoms in total. The Hall–Kier alpha value is -2.18. The van der Waals surface area contributed by atoms with Crippen LogP contribution in [-0.2, 0) is 13.1 Å². The molecule has 0 amide bonds. The number of aromatic nitrogens is 4. The molecule has 1 saturated carbocycles. The number of halogens is 1. The number of nitrogens with zero attached hydrogens (tertiary/aromatic N) is 5. The maximum Gasteiger partial charge on any atom is 0.168 e. The van der Waals surface area contributed by atoms with Gasteiger partial charge in [-0.25, -0.2) is 4.68 Å². The summed E-state index contributed by atoms with van der Waals surface area (Å²) in [5.74, 6) is 2.23. The molecule has 1 aliphatic rings. The second-order valence-electron chi connectivity index (χ2n) is 8.57. The molecule has 1 aromatic carbocycles. The summed E-state index contributed by atoms with van der Waals surface area (Å²) in [5, 5.41) is 13.8. The van der Waals surface area contributed by atoms with Gasteiger partial charge in [0.05, 0.1) is 24.9 Å². The molecular weight excluding hydrogens is 398 g/mol.